The first-order valence-corrected chi connectivity index (χ1v) is 6.11. The monoisotopic (exact) mass is 268 g/mol. The number of nitrogens with one attached hydrogen (secondary N) is 1. The highest BCUT2D eigenvalue weighted by atomic mass is 16.7. The smallest absolute Gasteiger partial charge is 0.231 e. The van der Waals surface area contributed by atoms with E-state index in [9.17, 15) is 4.79 Å². The Morgan fingerprint density at radius 1 is 1.20 bits per heavy atom. The molecule has 100 valence electrons. The summed E-state index contributed by atoms with van der Waals surface area (Å²) in [4.78, 5) is 16.1. The molecule has 1 aromatic heterocycles. The van der Waals surface area contributed by atoms with Gasteiger partial charge in [-0.3, -0.25) is 4.79 Å². The van der Waals surface area contributed by atoms with Crippen LogP contribution in [0.5, 0.6) is 11.5 Å². The number of ketones is 1. The van der Waals surface area contributed by atoms with Crippen molar-refractivity contribution in [2.75, 3.05) is 12.1 Å². The molecular weight excluding hydrogens is 256 g/mol. The number of anilines is 1. The number of benzene rings is 1. The number of carbonyl (C=O) groups is 1. The molecule has 20 heavy (non-hydrogen) atoms. The molecule has 0 radical (unpaired) electrons. The number of aromatic nitrogens is 1. The maximum atomic E-state index is 12.0. The average molecular weight is 268 g/mol. The average Bonchev–Trinajstić information content (AvgIpc) is 2.95. The molecular formula is C15H12N2O3. The Hall–Kier alpha value is -2.82. The van der Waals surface area contributed by atoms with Gasteiger partial charge in [-0.05, 0) is 30.3 Å². The van der Waals surface area contributed by atoms with Crippen molar-refractivity contribution >= 4 is 11.6 Å². The van der Waals surface area contributed by atoms with E-state index in [0.717, 1.165) is 0 Å². The summed E-state index contributed by atoms with van der Waals surface area (Å²) in [5.74, 6) is 1.83. The molecule has 3 rings (SSSR count). The summed E-state index contributed by atoms with van der Waals surface area (Å²) < 4.78 is 10.4. The third kappa shape index (κ3) is 2.61. The molecule has 0 saturated heterocycles. The Morgan fingerprint density at radius 3 is 2.95 bits per heavy atom. The van der Waals surface area contributed by atoms with E-state index in [4.69, 9.17) is 9.47 Å². The van der Waals surface area contributed by atoms with Crippen LogP contribution in [0.4, 0.5) is 5.82 Å². The molecule has 1 aromatic carbocycles. The number of hydrogen-bond acceptors (Lipinski definition) is 5. The lowest BCUT2D eigenvalue weighted by Crippen LogP contribution is -1.97. The van der Waals surface area contributed by atoms with E-state index in [2.05, 4.69) is 10.3 Å². The van der Waals surface area contributed by atoms with Gasteiger partial charge < -0.3 is 14.8 Å². The number of carbonyl (C=O) groups excluding carboxylic acids is 1. The van der Waals surface area contributed by atoms with E-state index in [-0.39, 0.29) is 12.6 Å². The molecule has 2 aromatic rings. The number of rotatable bonds is 4. The Balaban J connectivity index is 1.67. The normalized spacial score (nSPS) is 12.6. The van der Waals surface area contributed by atoms with Crippen molar-refractivity contribution in [1.29, 1.82) is 0 Å². The number of allylic oxidation sites excluding steroid dienone is 1. The summed E-state index contributed by atoms with van der Waals surface area (Å²) in [6.07, 6.45) is 4.69. The van der Waals surface area contributed by atoms with Crippen LogP contribution in [-0.4, -0.2) is 17.6 Å². The molecule has 1 N–H and O–H groups in total. The quantitative estimate of drug-likeness (QED) is 0.682. The molecule has 5 nitrogen and oxygen atoms in total. The first-order valence-electron chi connectivity index (χ1n) is 6.11. The van der Waals surface area contributed by atoms with Gasteiger partial charge in [0.05, 0.1) is 0 Å². The minimum Gasteiger partial charge on any atom is -0.454 e. The van der Waals surface area contributed by atoms with Crippen molar-refractivity contribution < 1.29 is 14.3 Å². The number of nitrogens with zero attached hydrogens (tertiary/aromatic N) is 1. The van der Waals surface area contributed by atoms with Gasteiger partial charge in [0.1, 0.15) is 5.82 Å². The van der Waals surface area contributed by atoms with Gasteiger partial charge in [-0.2, -0.15) is 0 Å². The fourth-order valence-electron chi connectivity index (χ4n) is 1.80. The van der Waals surface area contributed by atoms with Gasteiger partial charge in [-0.15, -0.1) is 0 Å². The van der Waals surface area contributed by atoms with Crippen molar-refractivity contribution in [3.8, 4) is 11.5 Å². The number of pyridine rings is 1. The molecule has 1 aliphatic heterocycles. The summed E-state index contributed by atoms with van der Waals surface area (Å²) in [7, 11) is 0. The maximum absolute atomic E-state index is 12.0. The molecule has 0 saturated carbocycles. The van der Waals surface area contributed by atoms with E-state index in [1.54, 1.807) is 30.6 Å². The van der Waals surface area contributed by atoms with Gasteiger partial charge in [0.2, 0.25) is 6.79 Å². The lowest BCUT2D eigenvalue weighted by Gasteiger charge is -2.00. The predicted octanol–water partition coefficient (Wildman–Crippen LogP) is 2.62. The minimum absolute atomic E-state index is 0.119. The molecule has 0 bridgehead atoms. The van der Waals surface area contributed by atoms with Crippen LogP contribution in [-0.2, 0) is 0 Å². The zero-order chi connectivity index (χ0) is 13.8. The van der Waals surface area contributed by atoms with Gasteiger partial charge in [-0.25, -0.2) is 4.98 Å². The zero-order valence-corrected chi connectivity index (χ0v) is 10.6. The minimum atomic E-state index is -0.119. The third-order valence-corrected chi connectivity index (χ3v) is 2.79. The SMILES string of the molecule is O=C(/C=C/Nc1ccccn1)c1ccc2c(c1)OCO2. The van der Waals surface area contributed by atoms with Gasteiger partial charge >= 0.3 is 0 Å². The van der Waals surface area contributed by atoms with Crippen LogP contribution >= 0.6 is 0 Å². The van der Waals surface area contributed by atoms with Crippen molar-refractivity contribution in [3.05, 3.63) is 60.4 Å². The van der Waals surface area contributed by atoms with Crippen LogP contribution in [0.2, 0.25) is 0 Å². The molecule has 0 aliphatic carbocycles. The second-order valence-corrected chi connectivity index (χ2v) is 4.12. The number of fused-ring (bicyclic) bond motifs is 1. The molecule has 0 fully saturated rings. The first kappa shape index (κ1) is 12.2. The van der Waals surface area contributed by atoms with Crippen LogP contribution < -0.4 is 14.8 Å². The maximum Gasteiger partial charge on any atom is 0.231 e. The van der Waals surface area contributed by atoms with Gasteiger partial charge in [0.25, 0.3) is 0 Å². The number of hydrogen-bond donors (Lipinski definition) is 1. The fourth-order valence-corrected chi connectivity index (χ4v) is 1.80. The summed E-state index contributed by atoms with van der Waals surface area (Å²) >= 11 is 0. The largest absolute Gasteiger partial charge is 0.454 e. The van der Waals surface area contributed by atoms with Crippen molar-refractivity contribution in [3.63, 3.8) is 0 Å². The van der Waals surface area contributed by atoms with Gasteiger partial charge in [0, 0.05) is 24.0 Å². The Labute approximate surface area is 115 Å². The Kier molecular flexibility index (Phi) is 3.33. The highest BCUT2D eigenvalue weighted by molar-refractivity contribution is 6.05. The topological polar surface area (TPSA) is 60.5 Å². The lowest BCUT2D eigenvalue weighted by atomic mass is 10.1. The van der Waals surface area contributed by atoms with Crippen LogP contribution in [0.15, 0.2) is 54.9 Å². The van der Waals surface area contributed by atoms with E-state index in [1.807, 2.05) is 18.2 Å². The zero-order valence-electron chi connectivity index (χ0n) is 10.6. The second-order valence-electron chi connectivity index (χ2n) is 4.12. The van der Waals surface area contributed by atoms with Crippen molar-refractivity contribution in [1.82, 2.24) is 4.98 Å². The highest BCUT2D eigenvalue weighted by Gasteiger charge is 2.14. The lowest BCUT2D eigenvalue weighted by molar-refractivity contribution is 0.104. The van der Waals surface area contributed by atoms with E-state index in [1.165, 1.54) is 6.08 Å². The van der Waals surface area contributed by atoms with Crippen LogP contribution in [0.1, 0.15) is 10.4 Å². The van der Waals surface area contributed by atoms with Crippen LogP contribution in [0.3, 0.4) is 0 Å². The first-order chi connectivity index (χ1) is 9.83. The third-order valence-electron chi connectivity index (χ3n) is 2.79. The van der Waals surface area contributed by atoms with Gasteiger partial charge in [-0.1, -0.05) is 6.07 Å². The van der Waals surface area contributed by atoms with E-state index < -0.39 is 0 Å². The molecule has 5 heteroatoms. The summed E-state index contributed by atoms with van der Waals surface area (Å²) in [5.41, 5.74) is 0.549. The fraction of sp³-hybridized carbons (Fsp3) is 0.0667. The molecule has 1 aliphatic rings. The molecule has 2 heterocycles. The van der Waals surface area contributed by atoms with Gasteiger partial charge in [0.15, 0.2) is 17.3 Å². The highest BCUT2D eigenvalue weighted by Crippen LogP contribution is 2.32. The summed E-state index contributed by atoms with van der Waals surface area (Å²) in [6, 6.07) is 10.6. The molecule has 0 amide bonds. The van der Waals surface area contributed by atoms with Crippen molar-refractivity contribution in [2.45, 2.75) is 0 Å². The summed E-state index contributed by atoms with van der Waals surface area (Å²) in [6.45, 7) is 0.198. The van der Waals surface area contributed by atoms with E-state index >= 15 is 0 Å². The summed E-state index contributed by atoms with van der Waals surface area (Å²) in [5, 5.41) is 2.93. The molecule has 0 spiro atoms. The van der Waals surface area contributed by atoms with E-state index in [0.29, 0.717) is 22.9 Å². The van der Waals surface area contributed by atoms with Crippen molar-refractivity contribution in [2.24, 2.45) is 0 Å². The van der Waals surface area contributed by atoms with Crippen LogP contribution in [0.25, 0.3) is 0 Å². The standard InChI is InChI=1S/C15H12N2O3/c18-12(6-8-17-15-3-1-2-7-16-15)11-4-5-13-14(9-11)20-10-19-13/h1-9H,10H2,(H,16,17)/b8-6+. The molecule has 0 atom stereocenters. The van der Waals surface area contributed by atoms with Crippen LogP contribution in [0, 0.1) is 0 Å². The Morgan fingerprint density at radius 2 is 2.10 bits per heavy atom. The molecule has 0 unspecified atom stereocenters. The number of ether oxygens (including phenoxy) is 2. The predicted molar refractivity (Wildman–Crippen MR) is 73.9 cm³/mol. The second kappa shape index (κ2) is 5.44. The Bertz CT molecular complexity index is 653.